The number of carbonyl (C=O) groups excluding carboxylic acids is 1. The molecule has 0 radical (unpaired) electrons. The van der Waals surface area contributed by atoms with E-state index in [0.29, 0.717) is 12.0 Å². The summed E-state index contributed by atoms with van der Waals surface area (Å²) in [7, 11) is 1.77. The molecule has 28 heavy (non-hydrogen) atoms. The van der Waals surface area contributed by atoms with Crippen LogP contribution in [-0.4, -0.2) is 10.5 Å². The molecule has 0 bridgehead atoms. The second-order valence-electron chi connectivity index (χ2n) is 7.22. The second kappa shape index (κ2) is 7.31. The van der Waals surface area contributed by atoms with Crippen LogP contribution in [0.1, 0.15) is 28.7 Å². The van der Waals surface area contributed by atoms with Crippen LogP contribution in [0, 0.1) is 6.92 Å². The largest absolute Gasteiger partial charge is 0.326 e. The molecule has 1 aromatic heterocycles. The minimum absolute atomic E-state index is 0.00958. The van der Waals surface area contributed by atoms with Gasteiger partial charge in [0.05, 0.1) is 0 Å². The van der Waals surface area contributed by atoms with Gasteiger partial charge >= 0.3 is 0 Å². The molecule has 2 heterocycles. The second-order valence-corrected chi connectivity index (χ2v) is 7.22. The molecule has 1 N–H and O–H groups in total. The van der Waals surface area contributed by atoms with Crippen LogP contribution in [0.25, 0.3) is 23.3 Å². The normalized spacial score (nSPS) is 13.4. The lowest BCUT2D eigenvalue weighted by atomic mass is 9.92. The van der Waals surface area contributed by atoms with Crippen molar-refractivity contribution >= 4 is 23.7 Å². The molecule has 0 fully saturated rings. The Labute approximate surface area is 164 Å². The molecule has 4 heteroatoms. The number of amides is 1. The zero-order valence-electron chi connectivity index (χ0n) is 16.0. The molecule has 4 rings (SSSR count). The number of hydrogen-bond acceptors (Lipinski definition) is 2. The van der Waals surface area contributed by atoms with Gasteiger partial charge in [-0.15, -0.1) is 0 Å². The number of hydrogen-bond donors (Lipinski definition) is 1. The Balaban J connectivity index is 1.87. The zero-order valence-corrected chi connectivity index (χ0v) is 16.0. The van der Waals surface area contributed by atoms with E-state index >= 15 is 0 Å². The maximum atomic E-state index is 12.1. The van der Waals surface area contributed by atoms with Gasteiger partial charge in [0.1, 0.15) is 0 Å². The third kappa shape index (κ3) is 3.54. The van der Waals surface area contributed by atoms with Gasteiger partial charge in [-0.2, -0.15) is 0 Å². The Morgan fingerprint density at radius 1 is 1.00 bits per heavy atom. The highest BCUT2D eigenvalue weighted by atomic mass is 16.1. The van der Waals surface area contributed by atoms with Crippen LogP contribution in [0.5, 0.6) is 0 Å². The van der Waals surface area contributed by atoms with Gasteiger partial charge < -0.3 is 9.88 Å². The molecule has 1 aliphatic heterocycles. The molecule has 140 valence electrons. The van der Waals surface area contributed by atoms with Gasteiger partial charge in [0.25, 0.3) is 5.56 Å². The van der Waals surface area contributed by atoms with Crippen molar-refractivity contribution in [3.63, 3.8) is 0 Å². The van der Waals surface area contributed by atoms with Crippen LogP contribution < -0.4 is 10.9 Å². The van der Waals surface area contributed by atoms with Crippen molar-refractivity contribution in [1.29, 1.82) is 0 Å². The number of fused-ring (bicyclic) bond motifs is 1. The van der Waals surface area contributed by atoms with E-state index in [-0.39, 0.29) is 11.5 Å². The van der Waals surface area contributed by atoms with E-state index in [1.54, 1.807) is 11.6 Å². The van der Waals surface area contributed by atoms with Crippen molar-refractivity contribution in [2.24, 2.45) is 7.05 Å². The summed E-state index contributed by atoms with van der Waals surface area (Å²) in [6.45, 7) is 1.84. The highest BCUT2D eigenvalue weighted by molar-refractivity contribution is 5.96. The summed E-state index contributed by atoms with van der Waals surface area (Å²) in [5.41, 5.74) is 6.87. The fraction of sp³-hybridized carbons (Fsp3) is 0.167. The van der Waals surface area contributed by atoms with Gasteiger partial charge in [-0.05, 0) is 59.4 Å². The van der Waals surface area contributed by atoms with Crippen LogP contribution in [0.3, 0.4) is 0 Å². The topological polar surface area (TPSA) is 51.1 Å². The molecule has 1 amide bonds. The van der Waals surface area contributed by atoms with Crippen molar-refractivity contribution < 1.29 is 4.79 Å². The van der Waals surface area contributed by atoms with E-state index in [1.165, 1.54) is 0 Å². The first kappa shape index (κ1) is 18.0. The standard InChI is InChI=1S/C24H22N2O2/c1-16-12-20(15-26(2)24(16)28)21-13-19-10-11-23(27)25-22(19)14-18(21)9-8-17-6-4-3-5-7-17/h3-9,12-15H,10-11H2,1-2H3,(H,25,27). The Morgan fingerprint density at radius 2 is 1.79 bits per heavy atom. The minimum Gasteiger partial charge on any atom is -0.326 e. The summed E-state index contributed by atoms with van der Waals surface area (Å²) in [6, 6.07) is 16.2. The first-order valence-electron chi connectivity index (χ1n) is 9.39. The molecule has 0 aliphatic carbocycles. The molecular weight excluding hydrogens is 348 g/mol. The Bertz CT molecular complexity index is 1120. The number of rotatable bonds is 3. The molecule has 0 atom stereocenters. The maximum absolute atomic E-state index is 12.1. The van der Waals surface area contributed by atoms with Gasteiger partial charge in [-0.3, -0.25) is 9.59 Å². The van der Waals surface area contributed by atoms with Crippen molar-refractivity contribution in [2.75, 3.05) is 5.32 Å². The first-order chi connectivity index (χ1) is 13.5. The summed E-state index contributed by atoms with van der Waals surface area (Å²) >= 11 is 0. The minimum atomic E-state index is 0.00958. The lowest BCUT2D eigenvalue weighted by molar-refractivity contribution is -0.116. The van der Waals surface area contributed by atoms with Crippen LogP contribution in [0.2, 0.25) is 0 Å². The van der Waals surface area contributed by atoms with Crippen molar-refractivity contribution in [3.8, 4) is 11.1 Å². The Kier molecular flexibility index (Phi) is 4.70. The number of anilines is 1. The molecule has 0 unspecified atom stereocenters. The van der Waals surface area contributed by atoms with E-state index in [9.17, 15) is 9.59 Å². The summed E-state index contributed by atoms with van der Waals surface area (Å²) < 4.78 is 1.62. The summed E-state index contributed by atoms with van der Waals surface area (Å²) in [4.78, 5) is 23.9. The Morgan fingerprint density at radius 3 is 2.54 bits per heavy atom. The van der Waals surface area contributed by atoms with E-state index in [1.807, 2.05) is 55.6 Å². The van der Waals surface area contributed by atoms with E-state index in [0.717, 1.165) is 39.9 Å². The number of aromatic nitrogens is 1. The molecule has 0 spiro atoms. The third-order valence-corrected chi connectivity index (χ3v) is 5.10. The average Bonchev–Trinajstić information content (AvgIpc) is 2.70. The Hall–Kier alpha value is -3.40. The number of carbonyl (C=O) groups is 1. The fourth-order valence-corrected chi connectivity index (χ4v) is 3.61. The van der Waals surface area contributed by atoms with Gasteiger partial charge in [-0.1, -0.05) is 42.5 Å². The predicted molar refractivity (Wildman–Crippen MR) is 114 cm³/mol. The monoisotopic (exact) mass is 370 g/mol. The number of pyridine rings is 1. The number of benzene rings is 2. The molecular formula is C24H22N2O2. The summed E-state index contributed by atoms with van der Waals surface area (Å²) in [5, 5.41) is 2.98. The van der Waals surface area contributed by atoms with Gasteiger partial charge in [-0.25, -0.2) is 0 Å². The van der Waals surface area contributed by atoms with E-state index in [4.69, 9.17) is 0 Å². The number of nitrogens with one attached hydrogen (secondary N) is 1. The highest BCUT2D eigenvalue weighted by Gasteiger charge is 2.18. The molecule has 3 aromatic rings. The van der Waals surface area contributed by atoms with Crippen molar-refractivity contribution in [3.05, 3.63) is 87.3 Å². The summed E-state index contributed by atoms with van der Waals surface area (Å²) in [6.07, 6.45) is 7.22. The van der Waals surface area contributed by atoms with Crippen LogP contribution >= 0.6 is 0 Å². The zero-order chi connectivity index (χ0) is 19.7. The predicted octanol–water partition coefficient (Wildman–Crippen LogP) is 4.42. The number of nitrogens with zero attached hydrogens (tertiary/aromatic N) is 1. The maximum Gasteiger partial charge on any atom is 0.253 e. The molecule has 0 saturated heterocycles. The SMILES string of the molecule is Cc1cc(-c2cc3c(cc2C=Cc2ccccc2)NC(=O)CC3)cn(C)c1=O. The van der Waals surface area contributed by atoms with Gasteiger partial charge in [0, 0.05) is 30.9 Å². The van der Waals surface area contributed by atoms with Crippen LogP contribution in [-0.2, 0) is 18.3 Å². The molecule has 2 aromatic carbocycles. The average molecular weight is 370 g/mol. The number of aryl methyl sites for hydroxylation is 3. The highest BCUT2D eigenvalue weighted by Crippen LogP contribution is 2.33. The fourth-order valence-electron chi connectivity index (χ4n) is 3.61. The van der Waals surface area contributed by atoms with Crippen molar-refractivity contribution in [2.45, 2.75) is 19.8 Å². The van der Waals surface area contributed by atoms with Crippen molar-refractivity contribution in [1.82, 2.24) is 4.57 Å². The molecule has 1 aliphatic rings. The quantitative estimate of drug-likeness (QED) is 0.694. The first-order valence-corrected chi connectivity index (χ1v) is 9.39. The van der Waals surface area contributed by atoms with Crippen LogP contribution in [0.4, 0.5) is 5.69 Å². The van der Waals surface area contributed by atoms with Crippen LogP contribution in [0.15, 0.2) is 59.5 Å². The molecule has 4 nitrogen and oxygen atoms in total. The lowest BCUT2D eigenvalue weighted by Crippen LogP contribution is -2.20. The van der Waals surface area contributed by atoms with E-state index < -0.39 is 0 Å². The van der Waals surface area contributed by atoms with E-state index in [2.05, 4.69) is 23.5 Å². The molecule has 0 saturated carbocycles. The van der Waals surface area contributed by atoms with Gasteiger partial charge in [0.15, 0.2) is 0 Å². The smallest absolute Gasteiger partial charge is 0.253 e. The lowest BCUT2D eigenvalue weighted by Gasteiger charge is -2.20. The van der Waals surface area contributed by atoms with Gasteiger partial charge in [0.2, 0.25) is 5.91 Å². The summed E-state index contributed by atoms with van der Waals surface area (Å²) in [5.74, 6) is 0.0520. The third-order valence-electron chi connectivity index (χ3n) is 5.10.